The Hall–Kier alpha value is -2.92. The van der Waals surface area contributed by atoms with E-state index >= 15 is 0 Å². The highest BCUT2D eigenvalue weighted by atomic mass is 35.5. The number of carbonyl (C=O) groups excluding carboxylic acids is 2. The zero-order valence-electron chi connectivity index (χ0n) is 22.2. The first-order chi connectivity index (χ1) is 18.1. The number of amides is 2. The fourth-order valence-corrected chi connectivity index (χ4v) is 4.43. The molecule has 0 aromatic heterocycles. The maximum Gasteiger partial charge on any atom is 0.390 e. The second kappa shape index (κ2) is 12.1. The second-order valence-corrected chi connectivity index (χ2v) is 11.1. The fraction of sp³-hybridized carbons (Fsp3) is 0.481. The van der Waals surface area contributed by atoms with Gasteiger partial charge in [0.25, 0.3) is 5.91 Å². The predicted molar refractivity (Wildman–Crippen MR) is 141 cm³/mol. The highest BCUT2D eigenvalue weighted by molar-refractivity contribution is 6.31. The van der Waals surface area contributed by atoms with Crippen molar-refractivity contribution in [1.29, 1.82) is 0 Å². The first-order valence-electron chi connectivity index (χ1n) is 12.5. The van der Waals surface area contributed by atoms with Crippen molar-refractivity contribution in [3.8, 4) is 0 Å². The Kier molecular flexibility index (Phi) is 9.48. The van der Waals surface area contributed by atoms with Crippen LogP contribution in [-0.4, -0.2) is 55.1 Å². The van der Waals surface area contributed by atoms with E-state index in [-0.39, 0.29) is 30.6 Å². The number of piperazine rings is 1. The van der Waals surface area contributed by atoms with Gasteiger partial charge in [0.2, 0.25) is 5.91 Å². The first kappa shape index (κ1) is 30.6. The molecule has 0 spiro atoms. The van der Waals surface area contributed by atoms with Crippen LogP contribution < -0.4 is 15.5 Å². The summed E-state index contributed by atoms with van der Waals surface area (Å²) in [4.78, 5) is 28.7. The van der Waals surface area contributed by atoms with E-state index in [1.165, 1.54) is 18.2 Å². The van der Waals surface area contributed by atoms with Gasteiger partial charge in [-0.15, -0.1) is 0 Å². The lowest BCUT2D eigenvalue weighted by molar-refractivity contribution is -0.138. The molecule has 2 N–H and O–H groups in total. The molecule has 2 amide bonds. The van der Waals surface area contributed by atoms with Gasteiger partial charge >= 0.3 is 6.18 Å². The number of carbonyl (C=O) groups is 2. The SMILES string of the molecule is C[C@@H]1CN(CCC(F)(F)F)CCN1c1cc(Cl)ccc1NC(=O)c1ccc(CNC(=O)C(C)(C)C)c(F)c1F. The van der Waals surface area contributed by atoms with Gasteiger partial charge in [-0.1, -0.05) is 38.4 Å². The van der Waals surface area contributed by atoms with Crippen molar-refractivity contribution in [2.75, 3.05) is 36.4 Å². The highest BCUT2D eigenvalue weighted by Crippen LogP contribution is 2.33. The molecule has 6 nitrogen and oxygen atoms in total. The van der Waals surface area contributed by atoms with Crippen LogP contribution in [0.1, 0.15) is 50.0 Å². The largest absolute Gasteiger partial charge is 0.390 e. The number of anilines is 2. The number of nitrogens with one attached hydrogen (secondary N) is 2. The molecule has 1 heterocycles. The minimum absolute atomic E-state index is 0.106. The molecule has 0 saturated carbocycles. The van der Waals surface area contributed by atoms with Crippen molar-refractivity contribution in [1.82, 2.24) is 10.2 Å². The third kappa shape index (κ3) is 8.04. The molecule has 2 aromatic rings. The number of nitrogens with zero attached hydrogens (tertiary/aromatic N) is 2. The van der Waals surface area contributed by atoms with Crippen molar-refractivity contribution in [3.63, 3.8) is 0 Å². The van der Waals surface area contributed by atoms with Crippen LogP contribution in [0.5, 0.6) is 0 Å². The fourth-order valence-electron chi connectivity index (χ4n) is 4.26. The third-order valence-electron chi connectivity index (χ3n) is 6.47. The molecule has 1 aliphatic heterocycles. The lowest BCUT2D eigenvalue weighted by atomic mass is 9.95. The van der Waals surface area contributed by atoms with Crippen molar-refractivity contribution in [3.05, 3.63) is 58.1 Å². The van der Waals surface area contributed by atoms with Crippen molar-refractivity contribution < 1.29 is 31.5 Å². The molecule has 1 aliphatic rings. The van der Waals surface area contributed by atoms with Crippen molar-refractivity contribution in [2.45, 2.75) is 52.9 Å². The lowest BCUT2D eigenvalue weighted by Crippen LogP contribution is -2.52. The van der Waals surface area contributed by atoms with E-state index < -0.39 is 41.1 Å². The Bertz CT molecular complexity index is 1220. The molecule has 2 aromatic carbocycles. The van der Waals surface area contributed by atoms with Gasteiger partial charge in [0.05, 0.1) is 23.4 Å². The van der Waals surface area contributed by atoms with Crippen LogP contribution in [0.3, 0.4) is 0 Å². The minimum atomic E-state index is -4.24. The normalized spacial score (nSPS) is 16.8. The smallest absolute Gasteiger partial charge is 0.365 e. The molecular formula is C27H32ClF5N4O2. The summed E-state index contributed by atoms with van der Waals surface area (Å²) in [6, 6.07) is 6.84. The summed E-state index contributed by atoms with van der Waals surface area (Å²) in [5.74, 6) is -3.82. The monoisotopic (exact) mass is 574 g/mol. The van der Waals surface area contributed by atoms with Gasteiger partial charge in [-0.05, 0) is 31.2 Å². The summed E-state index contributed by atoms with van der Waals surface area (Å²) in [5, 5.41) is 5.52. The maximum absolute atomic E-state index is 14.9. The highest BCUT2D eigenvalue weighted by Gasteiger charge is 2.31. The van der Waals surface area contributed by atoms with Gasteiger partial charge in [-0.25, -0.2) is 8.78 Å². The van der Waals surface area contributed by atoms with E-state index in [0.717, 1.165) is 6.07 Å². The summed E-state index contributed by atoms with van der Waals surface area (Å²) >= 11 is 6.20. The summed E-state index contributed by atoms with van der Waals surface area (Å²) in [7, 11) is 0. The summed E-state index contributed by atoms with van der Waals surface area (Å²) in [5.41, 5.74) is -0.531. The molecule has 0 bridgehead atoms. The second-order valence-electron chi connectivity index (χ2n) is 10.7. The Morgan fingerprint density at radius 2 is 1.74 bits per heavy atom. The standard InChI is InChI=1S/C27H32ClF5N4O2/c1-16-15-36(10-9-27(31,32)33)11-12-37(16)21-13-18(28)6-8-20(21)35-24(38)19-7-5-17(22(29)23(19)30)14-34-25(39)26(2,3)4/h5-8,13,16H,9-12,14-15H2,1-4H3,(H,34,39)(H,35,38)/t16-/m1/s1. The van der Waals surface area contributed by atoms with E-state index in [2.05, 4.69) is 10.6 Å². The van der Waals surface area contributed by atoms with Crippen LogP contribution >= 0.6 is 11.6 Å². The molecule has 3 rings (SSSR count). The number of hydrogen-bond acceptors (Lipinski definition) is 4. The zero-order chi connectivity index (χ0) is 29.1. The van der Waals surface area contributed by atoms with Gasteiger partial charge in [-0.3, -0.25) is 14.5 Å². The first-order valence-corrected chi connectivity index (χ1v) is 12.9. The number of hydrogen-bond donors (Lipinski definition) is 2. The summed E-state index contributed by atoms with van der Waals surface area (Å²) in [6.45, 7) is 7.66. The topological polar surface area (TPSA) is 64.7 Å². The van der Waals surface area contributed by atoms with Gasteiger partial charge in [0.1, 0.15) is 0 Å². The molecule has 0 unspecified atom stereocenters. The molecule has 1 saturated heterocycles. The zero-order valence-corrected chi connectivity index (χ0v) is 22.9. The Morgan fingerprint density at radius 3 is 2.36 bits per heavy atom. The Labute approximate surface area is 229 Å². The number of benzene rings is 2. The van der Waals surface area contributed by atoms with E-state index in [1.54, 1.807) is 31.7 Å². The van der Waals surface area contributed by atoms with Gasteiger partial charge in [0.15, 0.2) is 11.6 Å². The predicted octanol–water partition coefficient (Wildman–Crippen LogP) is 6.00. The average molecular weight is 575 g/mol. The number of halogens is 6. The summed E-state index contributed by atoms with van der Waals surface area (Å²) < 4.78 is 67.6. The molecule has 1 atom stereocenters. The van der Waals surface area contributed by atoms with Crippen LogP contribution in [0.25, 0.3) is 0 Å². The molecular weight excluding hydrogens is 543 g/mol. The van der Waals surface area contributed by atoms with E-state index in [9.17, 15) is 31.5 Å². The Morgan fingerprint density at radius 1 is 1.05 bits per heavy atom. The number of alkyl halides is 3. The van der Waals surface area contributed by atoms with E-state index in [0.29, 0.717) is 36.0 Å². The van der Waals surface area contributed by atoms with Gasteiger partial charge < -0.3 is 15.5 Å². The molecule has 0 radical (unpaired) electrons. The number of rotatable bonds is 7. The molecule has 1 fully saturated rings. The quantitative estimate of drug-likeness (QED) is 0.399. The van der Waals surface area contributed by atoms with Crippen LogP contribution in [0.2, 0.25) is 5.02 Å². The summed E-state index contributed by atoms with van der Waals surface area (Å²) in [6.07, 6.45) is -5.14. The van der Waals surface area contributed by atoms with Crippen molar-refractivity contribution >= 4 is 34.8 Å². The molecule has 214 valence electrons. The van der Waals surface area contributed by atoms with Crippen LogP contribution in [0.4, 0.5) is 33.3 Å². The van der Waals surface area contributed by atoms with Crippen LogP contribution in [0.15, 0.2) is 30.3 Å². The minimum Gasteiger partial charge on any atom is -0.365 e. The van der Waals surface area contributed by atoms with Crippen molar-refractivity contribution in [2.24, 2.45) is 5.41 Å². The van der Waals surface area contributed by atoms with Gasteiger partial charge in [0, 0.05) is 54.8 Å². The van der Waals surface area contributed by atoms with E-state index in [4.69, 9.17) is 11.6 Å². The van der Waals surface area contributed by atoms with E-state index in [1.807, 2.05) is 11.8 Å². The third-order valence-corrected chi connectivity index (χ3v) is 6.70. The maximum atomic E-state index is 14.9. The Balaban J connectivity index is 1.75. The molecule has 39 heavy (non-hydrogen) atoms. The van der Waals surface area contributed by atoms with Gasteiger partial charge in [-0.2, -0.15) is 13.2 Å². The van der Waals surface area contributed by atoms with Crippen LogP contribution in [-0.2, 0) is 11.3 Å². The van der Waals surface area contributed by atoms with Crippen LogP contribution in [0, 0.1) is 17.0 Å². The lowest BCUT2D eigenvalue weighted by Gasteiger charge is -2.42. The molecule has 12 heteroatoms. The average Bonchev–Trinajstić information content (AvgIpc) is 2.83. The molecule has 0 aliphatic carbocycles.